The number of H-pyrrole nitrogens is 1. The minimum absolute atomic E-state index is 0.0965. The first-order valence-corrected chi connectivity index (χ1v) is 10.8. The van der Waals surface area contributed by atoms with Gasteiger partial charge in [-0.2, -0.15) is 0 Å². The Labute approximate surface area is 166 Å². The van der Waals surface area contributed by atoms with Crippen LogP contribution >= 0.6 is 11.3 Å². The molecule has 2 aromatic rings. The van der Waals surface area contributed by atoms with Crippen LogP contribution in [0, 0.1) is 25.7 Å². The Morgan fingerprint density at radius 3 is 2.26 bits per heavy atom. The van der Waals surface area contributed by atoms with Crippen LogP contribution in [0.3, 0.4) is 0 Å². The van der Waals surface area contributed by atoms with Gasteiger partial charge in [0.15, 0.2) is 0 Å². The third-order valence-corrected chi connectivity index (χ3v) is 6.07. The van der Waals surface area contributed by atoms with Crippen LogP contribution in [0.2, 0.25) is 0 Å². The van der Waals surface area contributed by atoms with Crippen LogP contribution in [0.5, 0.6) is 0 Å². The van der Waals surface area contributed by atoms with Gasteiger partial charge in [0.25, 0.3) is 5.56 Å². The van der Waals surface area contributed by atoms with Crippen molar-refractivity contribution in [2.24, 2.45) is 11.8 Å². The quantitative estimate of drug-likeness (QED) is 0.686. The van der Waals surface area contributed by atoms with Crippen molar-refractivity contribution in [2.75, 3.05) is 13.1 Å². The van der Waals surface area contributed by atoms with Gasteiger partial charge in [0.1, 0.15) is 10.7 Å². The lowest BCUT2D eigenvalue weighted by Crippen LogP contribution is -2.34. The SMILES string of the molecule is Cc1sc2nc(CCC(=O)N(CCC(C)C)CCC(C)C)[nH]c(=O)c2c1C. The first-order chi connectivity index (χ1) is 12.7. The van der Waals surface area contributed by atoms with Gasteiger partial charge in [-0.05, 0) is 44.1 Å². The number of fused-ring (bicyclic) bond motifs is 1. The van der Waals surface area contributed by atoms with Gasteiger partial charge in [-0.1, -0.05) is 27.7 Å². The molecule has 150 valence electrons. The highest BCUT2D eigenvalue weighted by molar-refractivity contribution is 7.18. The fourth-order valence-corrected chi connectivity index (χ4v) is 4.04. The van der Waals surface area contributed by atoms with Crippen molar-refractivity contribution in [3.8, 4) is 0 Å². The maximum atomic E-state index is 12.8. The fourth-order valence-electron chi connectivity index (χ4n) is 2.99. The molecular weight excluding hydrogens is 358 g/mol. The van der Waals surface area contributed by atoms with Gasteiger partial charge < -0.3 is 9.88 Å². The number of hydrogen-bond donors (Lipinski definition) is 1. The van der Waals surface area contributed by atoms with Crippen LogP contribution in [0.25, 0.3) is 10.2 Å². The van der Waals surface area contributed by atoms with E-state index in [-0.39, 0.29) is 11.5 Å². The summed E-state index contributed by atoms with van der Waals surface area (Å²) in [5.74, 6) is 1.91. The Morgan fingerprint density at radius 2 is 1.70 bits per heavy atom. The summed E-state index contributed by atoms with van der Waals surface area (Å²) < 4.78 is 0. The zero-order valence-corrected chi connectivity index (χ0v) is 18.3. The minimum atomic E-state index is -0.0965. The van der Waals surface area contributed by atoms with Gasteiger partial charge in [0.05, 0.1) is 5.39 Å². The van der Waals surface area contributed by atoms with E-state index in [9.17, 15) is 9.59 Å². The lowest BCUT2D eigenvalue weighted by Gasteiger charge is -2.24. The zero-order chi connectivity index (χ0) is 20.1. The number of aromatic nitrogens is 2. The van der Waals surface area contributed by atoms with Crippen LogP contribution in [-0.4, -0.2) is 33.9 Å². The molecule has 6 heteroatoms. The second-order valence-corrected chi connectivity index (χ2v) is 9.43. The molecule has 0 fully saturated rings. The molecule has 0 saturated heterocycles. The predicted molar refractivity (Wildman–Crippen MR) is 114 cm³/mol. The summed E-state index contributed by atoms with van der Waals surface area (Å²) in [6.45, 7) is 14.3. The van der Waals surface area contributed by atoms with Crippen molar-refractivity contribution in [3.05, 3.63) is 26.6 Å². The molecule has 0 atom stereocenters. The molecule has 2 aromatic heterocycles. The van der Waals surface area contributed by atoms with Gasteiger partial charge in [-0.3, -0.25) is 9.59 Å². The maximum absolute atomic E-state index is 12.8. The molecule has 0 aliphatic heterocycles. The molecule has 1 N–H and O–H groups in total. The second kappa shape index (κ2) is 9.49. The number of hydrogen-bond acceptors (Lipinski definition) is 4. The molecule has 0 saturated carbocycles. The largest absolute Gasteiger partial charge is 0.343 e. The summed E-state index contributed by atoms with van der Waals surface area (Å²) in [6, 6.07) is 0. The number of aryl methyl sites for hydroxylation is 3. The van der Waals surface area contributed by atoms with Gasteiger partial charge in [0, 0.05) is 30.8 Å². The van der Waals surface area contributed by atoms with Crippen LogP contribution in [0.1, 0.15) is 63.2 Å². The number of carbonyl (C=O) groups is 1. The number of aromatic amines is 1. The normalized spacial score (nSPS) is 11.7. The van der Waals surface area contributed by atoms with Crippen molar-refractivity contribution in [1.29, 1.82) is 0 Å². The van der Waals surface area contributed by atoms with Gasteiger partial charge in [-0.15, -0.1) is 11.3 Å². The minimum Gasteiger partial charge on any atom is -0.343 e. The van der Waals surface area contributed by atoms with Crippen LogP contribution in [-0.2, 0) is 11.2 Å². The van der Waals surface area contributed by atoms with E-state index in [1.165, 1.54) is 0 Å². The number of nitrogens with one attached hydrogen (secondary N) is 1. The molecule has 0 aliphatic carbocycles. The molecule has 2 rings (SSSR count). The van der Waals surface area contributed by atoms with Crippen LogP contribution in [0.4, 0.5) is 0 Å². The maximum Gasteiger partial charge on any atom is 0.259 e. The van der Waals surface area contributed by atoms with Crippen LogP contribution in [0.15, 0.2) is 4.79 Å². The number of nitrogens with zero attached hydrogens (tertiary/aromatic N) is 2. The van der Waals surface area contributed by atoms with E-state index in [1.54, 1.807) is 11.3 Å². The molecule has 0 spiro atoms. The van der Waals surface area contributed by atoms with Gasteiger partial charge in [-0.25, -0.2) is 4.98 Å². The Morgan fingerprint density at radius 1 is 1.11 bits per heavy atom. The average molecular weight is 392 g/mol. The summed E-state index contributed by atoms with van der Waals surface area (Å²) in [5, 5.41) is 0.683. The third kappa shape index (κ3) is 5.89. The molecular formula is C21H33N3O2S. The Kier molecular flexibility index (Phi) is 7.59. The van der Waals surface area contributed by atoms with E-state index in [2.05, 4.69) is 37.7 Å². The highest BCUT2D eigenvalue weighted by atomic mass is 32.1. The van der Waals surface area contributed by atoms with E-state index in [1.807, 2.05) is 18.7 Å². The molecule has 2 heterocycles. The molecule has 0 aromatic carbocycles. The Hall–Kier alpha value is -1.69. The van der Waals surface area contributed by atoms with Crippen LogP contribution < -0.4 is 5.56 Å². The number of thiophene rings is 1. The summed E-state index contributed by atoms with van der Waals surface area (Å²) in [4.78, 5) is 36.5. The van der Waals surface area contributed by atoms with E-state index in [4.69, 9.17) is 0 Å². The standard InChI is InChI=1S/C21H33N3O2S/c1-13(2)9-11-24(12-10-14(3)4)18(25)8-7-17-22-20(26)19-15(5)16(6)27-21(19)23-17/h13-14H,7-12H2,1-6H3,(H,22,23,26). The van der Waals surface area contributed by atoms with Crippen molar-refractivity contribution in [2.45, 2.75) is 67.2 Å². The highest BCUT2D eigenvalue weighted by Crippen LogP contribution is 2.25. The average Bonchev–Trinajstić information content (AvgIpc) is 2.87. The summed E-state index contributed by atoms with van der Waals surface area (Å²) in [6.07, 6.45) is 2.88. The fraction of sp³-hybridized carbons (Fsp3) is 0.667. The monoisotopic (exact) mass is 391 g/mol. The van der Waals surface area contributed by atoms with E-state index in [0.717, 1.165) is 41.2 Å². The number of amides is 1. The Bertz CT molecular complexity index is 824. The summed E-state index contributed by atoms with van der Waals surface area (Å²) in [7, 11) is 0. The number of carbonyl (C=O) groups excluding carboxylic acids is 1. The first kappa shape index (κ1) is 21.6. The third-order valence-electron chi connectivity index (χ3n) is 4.97. The second-order valence-electron chi connectivity index (χ2n) is 8.22. The Balaban J connectivity index is 2.06. The molecule has 5 nitrogen and oxygen atoms in total. The predicted octanol–water partition coefficient (Wildman–Crippen LogP) is 4.45. The molecule has 0 aliphatic rings. The number of rotatable bonds is 9. The van der Waals surface area contributed by atoms with Crippen molar-refractivity contribution in [1.82, 2.24) is 14.9 Å². The van der Waals surface area contributed by atoms with E-state index in [0.29, 0.717) is 35.9 Å². The van der Waals surface area contributed by atoms with Crippen molar-refractivity contribution < 1.29 is 4.79 Å². The lowest BCUT2D eigenvalue weighted by atomic mass is 10.1. The molecule has 27 heavy (non-hydrogen) atoms. The summed E-state index contributed by atoms with van der Waals surface area (Å²) in [5.41, 5.74) is 0.903. The molecule has 0 bridgehead atoms. The van der Waals surface area contributed by atoms with Gasteiger partial charge >= 0.3 is 0 Å². The van der Waals surface area contributed by atoms with E-state index < -0.39 is 0 Å². The molecule has 1 amide bonds. The molecule has 0 radical (unpaired) electrons. The highest BCUT2D eigenvalue weighted by Gasteiger charge is 2.16. The topological polar surface area (TPSA) is 66.1 Å². The smallest absolute Gasteiger partial charge is 0.259 e. The van der Waals surface area contributed by atoms with E-state index >= 15 is 0 Å². The van der Waals surface area contributed by atoms with Gasteiger partial charge in [0.2, 0.25) is 5.91 Å². The van der Waals surface area contributed by atoms with Crippen molar-refractivity contribution in [3.63, 3.8) is 0 Å². The zero-order valence-electron chi connectivity index (χ0n) is 17.5. The van der Waals surface area contributed by atoms with Crippen molar-refractivity contribution >= 4 is 27.5 Å². The summed E-state index contributed by atoms with van der Waals surface area (Å²) >= 11 is 1.54. The first-order valence-electron chi connectivity index (χ1n) is 9.95. The lowest BCUT2D eigenvalue weighted by molar-refractivity contribution is -0.131. The molecule has 0 unspecified atom stereocenters.